The Balaban J connectivity index is 2.01. The van der Waals surface area contributed by atoms with Gasteiger partial charge < -0.3 is 13.7 Å². The lowest BCUT2D eigenvalue weighted by molar-refractivity contribution is -0.126. The van der Waals surface area contributed by atoms with Gasteiger partial charge in [-0.3, -0.25) is 4.79 Å². The van der Waals surface area contributed by atoms with Gasteiger partial charge in [-0.05, 0) is 37.3 Å². The molecule has 2 aromatic heterocycles. The van der Waals surface area contributed by atoms with Gasteiger partial charge in [0.05, 0.1) is 18.6 Å². The van der Waals surface area contributed by atoms with Gasteiger partial charge in [-0.1, -0.05) is 0 Å². The van der Waals surface area contributed by atoms with Crippen LogP contribution in [0.5, 0.6) is 0 Å². The van der Waals surface area contributed by atoms with Crippen molar-refractivity contribution >= 4 is 12.0 Å². The van der Waals surface area contributed by atoms with Gasteiger partial charge in [-0.15, -0.1) is 0 Å². The number of hydrogen-bond donors (Lipinski definition) is 0. The van der Waals surface area contributed by atoms with E-state index < -0.39 is 0 Å². The molecule has 0 N–H and O–H groups in total. The second kappa shape index (κ2) is 5.40. The van der Waals surface area contributed by atoms with Crippen LogP contribution in [-0.2, 0) is 4.79 Å². The number of carbonyl (C=O) groups excluding carboxylic acids is 1. The smallest absolute Gasteiger partial charge is 0.247 e. The second-order valence-corrected chi connectivity index (χ2v) is 3.99. The van der Waals surface area contributed by atoms with Crippen molar-refractivity contribution in [1.82, 2.24) is 4.90 Å². The average molecular weight is 245 g/mol. The summed E-state index contributed by atoms with van der Waals surface area (Å²) < 4.78 is 10.4. The Morgan fingerprint density at radius 3 is 2.61 bits per heavy atom. The van der Waals surface area contributed by atoms with E-state index in [0.717, 1.165) is 5.76 Å². The van der Waals surface area contributed by atoms with Crippen LogP contribution in [0, 0.1) is 0 Å². The zero-order valence-corrected chi connectivity index (χ0v) is 10.4. The first-order valence-corrected chi connectivity index (χ1v) is 5.70. The van der Waals surface area contributed by atoms with Crippen molar-refractivity contribution in [3.8, 4) is 0 Å². The molecular formula is C14H15NO3. The molecule has 0 fully saturated rings. The fraction of sp³-hybridized carbons (Fsp3) is 0.214. The van der Waals surface area contributed by atoms with E-state index >= 15 is 0 Å². The summed E-state index contributed by atoms with van der Waals surface area (Å²) in [5.41, 5.74) is 0. The lowest BCUT2D eigenvalue weighted by Crippen LogP contribution is -2.27. The number of likely N-dealkylation sites (N-methyl/N-ethyl adjacent to an activating group) is 1. The zero-order valence-electron chi connectivity index (χ0n) is 10.4. The molecule has 0 saturated heterocycles. The van der Waals surface area contributed by atoms with Crippen LogP contribution in [0.15, 0.2) is 51.7 Å². The van der Waals surface area contributed by atoms with Gasteiger partial charge in [0.15, 0.2) is 0 Å². The Morgan fingerprint density at radius 2 is 2.00 bits per heavy atom. The molecule has 4 heteroatoms. The Hall–Kier alpha value is -2.23. The number of furan rings is 2. The van der Waals surface area contributed by atoms with Crippen LogP contribution in [0.3, 0.4) is 0 Å². The van der Waals surface area contributed by atoms with Gasteiger partial charge in [-0.25, -0.2) is 0 Å². The molecule has 0 spiro atoms. The molecular weight excluding hydrogens is 230 g/mol. The van der Waals surface area contributed by atoms with Crippen LogP contribution in [0.25, 0.3) is 6.08 Å². The van der Waals surface area contributed by atoms with Gasteiger partial charge >= 0.3 is 0 Å². The highest BCUT2D eigenvalue weighted by molar-refractivity contribution is 5.91. The third-order valence-electron chi connectivity index (χ3n) is 2.82. The molecule has 2 heterocycles. The standard InChI is InChI=1S/C14H15NO3/c1-11(13-6-4-10-18-13)15(2)14(16)8-7-12-5-3-9-17-12/h3-11H,1-2H3/b8-7+. The van der Waals surface area contributed by atoms with E-state index in [2.05, 4.69) is 0 Å². The largest absolute Gasteiger partial charge is 0.467 e. The molecule has 0 aliphatic rings. The molecule has 0 aliphatic heterocycles. The van der Waals surface area contributed by atoms with Crippen molar-refractivity contribution in [2.24, 2.45) is 0 Å². The maximum absolute atomic E-state index is 11.9. The molecule has 1 unspecified atom stereocenters. The van der Waals surface area contributed by atoms with Crippen LogP contribution in [0.4, 0.5) is 0 Å². The molecule has 4 nitrogen and oxygen atoms in total. The van der Waals surface area contributed by atoms with E-state index in [-0.39, 0.29) is 11.9 Å². The number of carbonyl (C=O) groups is 1. The first kappa shape index (κ1) is 12.2. The van der Waals surface area contributed by atoms with E-state index in [4.69, 9.17) is 8.83 Å². The molecule has 0 saturated carbocycles. The van der Waals surface area contributed by atoms with Gasteiger partial charge in [0.1, 0.15) is 11.5 Å². The van der Waals surface area contributed by atoms with Crippen molar-refractivity contribution < 1.29 is 13.6 Å². The summed E-state index contributed by atoms with van der Waals surface area (Å²) in [5, 5.41) is 0. The van der Waals surface area contributed by atoms with Gasteiger partial charge in [0.25, 0.3) is 0 Å². The molecule has 0 aromatic carbocycles. The maximum Gasteiger partial charge on any atom is 0.247 e. The molecule has 0 aliphatic carbocycles. The number of amides is 1. The van der Waals surface area contributed by atoms with Crippen molar-refractivity contribution in [3.63, 3.8) is 0 Å². The minimum Gasteiger partial charge on any atom is -0.467 e. The number of nitrogens with zero attached hydrogens (tertiary/aromatic N) is 1. The Labute approximate surface area is 105 Å². The molecule has 18 heavy (non-hydrogen) atoms. The van der Waals surface area contributed by atoms with E-state index in [1.165, 1.54) is 6.08 Å². The zero-order chi connectivity index (χ0) is 13.0. The molecule has 0 radical (unpaired) electrons. The van der Waals surface area contributed by atoms with Crippen LogP contribution < -0.4 is 0 Å². The first-order chi connectivity index (χ1) is 8.68. The van der Waals surface area contributed by atoms with Crippen molar-refractivity contribution in [2.45, 2.75) is 13.0 Å². The van der Waals surface area contributed by atoms with Gasteiger partial charge in [0.2, 0.25) is 5.91 Å². The summed E-state index contributed by atoms with van der Waals surface area (Å²) in [6.07, 6.45) is 6.30. The summed E-state index contributed by atoms with van der Waals surface area (Å²) in [6, 6.07) is 7.13. The van der Waals surface area contributed by atoms with Gasteiger partial charge in [-0.2, -0.15) is 0 Å². The highest BCUT2D eigenvalue weighted by Crippen LogP contribution is 2.19. The van der Waals surface area contributed by atoms with Gasteiger partial charge in [0, 0.05) is 13.1 Å². The third kappa shape index (κ3) is 2.71. The predicted octanol–water partition coefficient (Wildman–Crippen LogP) is 3.11. The maximum atomic E-state index is 11.9. The van der Waals surface area contributed by atoms with E-state index in [1.807, 2.05) is 19.1 Å². The molecule has 1 amide bonds. The van der Waals surface area contributed by atoms with Crippen molar-refractivity contribution in [2.75, 3.05) is 7.05 Å². The average Bonchev–Trinajstić information content (AvgIpc) is 3.06. The van der Waals surface area contributed by atoms with Crippen molar-refractivity contribution in [3.05, 3.63) is 54.4 Å². The normalized spacial score (nSPS) is 12.8. The summed E-state index contributed by atoms with van der Waals surface area (Å²) >= 11 is 0. The fourth-order valence-electron chi connectivity index (χ4n) is 1.57. The summed E-state index contributed by atoms with van der Waals surface area (Å²) in [6.45, 7) is 1.91. The molecule has 2 rings (SSSR count). The molecule has 2 aromatic rings. The number of hydrogen-bond acceptors (Lipinski definition) is 3. The third-order valence-corrected chi connectivity index (χ3v) is 2.82. The minimum absolute atomic E-state index is 0.102. The topological polar surface area (TPSA) is 46.6 Å². The van der Waals surface area contributed by atoms with E-state index in [1.54, 1.807) is 42.7 Å². The highest BCUT2D eigenvalue weighted by Gasteiger charge is 2.17. The molecule has 1 atom stereocenters. The summed E-state index contributed by atoms with van der Waals surface area (Å²) in [7, 11) is 1.74. The second-order valence-electron chi connectivity index (χ2n) is 3.99. The minimum atomic E-state index is -0.103. The predicted molar refractivity (Wildman–Crippen MR) is 67.6 cm³/mol. The van der Waals surface area contributed by atoms with Crippen molar-refractivity contribution in [1.29, 1.82) is 0 Å². The lowest BCUT2D eigenvalue weighted by atomic mass is 10.2. The van der Waals surface area contributed by atoms with E-state index in [0.29, 0.717) is 5.76 Å². The highest BCUT2D eigenvalue weighted by atomic mass is 16.3. The quantitative estimate of drug-likeness (QED) is 0.777. The Morgan fingerprint density at radius 1 is 1.28 bits per heavy atom. The molecule has 0 bridgehead atoms. The summed E-state index contributed by atoms with van der Waals surface area (Å²) in [4.78, 5) is 13.5. The number of rotatable bonds is 4. The van der Waals surface area contributed by atoms with E-state index in [9.17, 15) is 4.79 Å². The van der Waals surface area contributed by atoms with Crippen LogP contribution in [0.2, 0.25) is 0 Å². The monoisotopic (exact) mass is 245 g/mol. The SMILES string of the molecule is CC(c1ccco1)N(C)C(=O)/C=C/c1ccco1. The Kier molecular flexibility index (Phi) is 3.67. The fourth-order valence-corrected chi connectivity index (χ4v) is 1.57. The molecule has 94 valence electrons. The van der Waals surface area contributed by atoms with Crippen LogP contribution in [0.1, 0.15) is 24.5 Å². The Bertz CT molecular complexity index is 511. The first-order valence-electron chi connectivity index (χ1n) is 5.70. The lowest BCUT2D eigenvalue weighted by Gasteiger charge is -2.21. The summed E-state index contributed by atoms with van der Waals surface area (Å²) in [5.74, 6) is 1.31. The van der Waals surface area contributed by atoms with Crippen LogP contribution >= 0.6 is 0 Å². The van der Waals surface area contributed by atoms with Crippen LogP contribution in [-0.4, -0.2) is 17.9 Å².